The molecular formula is C30H27NO7. The summed E-state index contributed by atoms with van der Waals surface area (Å²) in [6, 6.07) is 18.5. The van der Waals surface area contributed by atoms with Gasteiger partial charge in [-0.1, -0.05) is 43.3 Å². The number of methoxy groups -OCH3 is 3. The fraction of sp³-hybridized carbons (Fsp3) is 0.200. The summed E-state index contributed by atoms with van der Waals surface area (Å²) >= 11 is 0. The average molecular weight is 514 g/mol. The van der Waals surface area contributed by atoms with Crippen LogP contribution in [0.3, 0.4) is 0 Å². The fourth-order valence-electron chi connectivity index (χ4n) is 4.73. The molecule has 1 unspecified atom stereocenters. The highest BCUT2D eigenvalue weighted by atomic mass is 16.5. The minimum absolute atomic E-state index is 0.0147. The number of fused-ring (bicyclic) bond motifs is 1. The number of ketones is 1. The van der Waals surface area contributed by atoms with E-state index in [9.17, 15) is 14.7 Å². The van der Waals surface area contributed by atoms with E-state index < -0.39 is 23.5 Å². The van der Waals surface area contributed by atoms with E-state index >= 15 is 0 Å². The molecule has 2 heterocycles. The number of ether oxygens (including phenoxy) is 3. The van der Waals surface area contributed by atoms with Crippen molar-refractivity contribution in [1.82, 2.24) is 0 Å². The molecule has 3 aromatic carbocycles. The van der Waals surface area contributed by atoms with Crippen LogP contribution in [0.4, 0.5) is 5.69 Å². The number of Topliss-reactive ketones (excluding diaryl/α,β-unsaturated/α-hetero) is 1. The largest absolute Gasteiger partial charge is 0.503 e. The summed E-state index contributed by atoms with van der Waals surface area (Å²) in [4.78, 5) is 28.9. The third-order valence-corrected chi connectivity index (χ3v) is 6.72. The van der Waals surface area contributed by atoms with Gasteiger partial charge in [0.25, 0.3) is 5.91 Å². The number of aryl methyl sites for hydroxylation is 1. The van der Waals surface area contributed by atoms with Crippen molar-refractivity contribution in [3.05, 3.63) is 94.9 Å². The van der Waals surface area contributed by atoms with Crippen molar-refractivity contribution in [2.45, 2.75) is 19.4 Å². The lowest BCUT2D eigenvalue weighted by atomic mass is 9.93. The lowest BCUT2D eigenvalue weighted by Crippen LogP contribution is -2.31. The highest BCUT2D eigenvalue weighted by Gasteiger charge is 2.45. The van der Waals surface area contributed by atoms with Crippen molar-refractivity contribution in [3.63, 3.8) is 0 Å². The maximum absolute atomic E-state index is 13.9. The molecule has 194 valence electrons. The number of amides is 1. The van der Waals surface area contributed by atoms with Gasteiger partial charge in [-0.15, -0.1) is 0 Å². The smallest absolute Gasteiger partial charge is 0.294 e. The van der Waals surface area contributed by atoms with E-state index in [-0.39, 0.29) is 11.3 Å². The first-order valence-electron chi connectivity index (χ1n) is 12.1. The molecule has 0 saturated carbocycles. The maximum Gasteiger partial charge on any atom is 0.294 e. The van der Waals surface area contributed by atoms with E-state index in [1.54, 1.807) is 42.5 Å². The Kier molecular flexibility index (Phi) is 6.55. The van der Waals surface area contributed by atoms with Crippen LogP contribution in [0.2, 0.25) is 0 Å². The first kappa shape index (κ1) is 25.0. The van der Waals surface area contributed by atoms with Gasteiger partial charge in [0.15, 0.2) is 22.9 Å². The van der Waals surface area contributed by atoms with Gasteiger partial charge in [0, 0.05) is 23.6 Å². The minimum Gasteiger partial charge on any atom is -0.503 e. The number of para-hydroxylation sites is 1. The Morgan fingerprint density at radius 1 is 0.947 bits per heavy atom. The van der Waals surface area contributed by atoms with Crippen molar-refractivity contribution in [2.75, 3.05) is 26.2 Å². The number of hydrogen-bond acceptors (Lipinski definition) is 7. The number of rotatable bonds is 8. The van der Waals surface area contributed by atoms with Gasteiger partial charge in [0.1, 0.15) is 11.5 Å². The topological polar surface area (TPSA) is 98.4 Å². The predicted molar refractivity (Wildman–Crippen MR) is 142 cm³/mol. The Hall–Kier alpha value is -4.72. The molecule has 1 N–H and O–H groups in total. The van der Waals surface area contributed by atoms with Crippen molar-refractivity contribution in [1.29, 1.82) is 0 Å². The fourth-order valence-corrected chi connectivity index (χ4v) is 4.73. The van der Waals surface area contributed by atoms with Crippen molar-refractivity contribution in [3.8, 4) is 17.2 Å². The van der Waals surface area contributed by atoms with Crippen LogP contribution in [0.5, 0.6) is 17.2 Å². The van der Waals surface area contributed by atoms with E-state index in [0.717, 1.165) is 12.0 Å². The second-order valence-corrected chi connectivity index (χ2v) is 8.82. The molecule has 1 aromatic heterocycles. The third-order valence-electron chi connectivity index (χ3n) is 6.72. The van der Waals surface area contributed by atoms with Gasteiger partial charge in [0.2, 0.25) is 5.78 Å². The summed E-state index contributed by atoms with van der Waals surface area (Å²) in [6.07, 6.45) is 0.828. The SMILES string of the molecule is CCc1ccc(C2C(C(=O)c3cc4cccc(OC)c4o3)=C(O)C(=O)N2c2cc(OC)cc(OC)c2)cc1. The van der Waals surface area contributed by atoms with Crippen LogP contribution >= 0.6 is 0 Å². The molecular weight excluding hydrogens is 486 g/mol. The van der Waals surface area contributed by atoms with E-state index in [4.69, 9.17) is 18.6 Å². The molecule has 1 aliphatic rings. The molecule has 0 radical (unpaired) electrons. The first-order valence-corrected chi connectivity index (χ1v) is 12.1. The Morgan fingerprint density at radius 2 is 1.63 bits per heavy atom. The first-order chi connectivity index (χ1) is 18.4. The van der Waals surface area contributed by atoms with Crippen molar-refractivity contribution < 1.29 is 33.3 Å². The molecule has 0 saturated heterocycles. The highest BCUT2D eigenvalue weighted by Crippen LogP contribution is 2.44. The Labute approximate surface area is 219 Å². The van der Waals surface area contributed by atoms with Gasteiger partial charge in [-0.3, -0.25) is 14.5 Å². The summed E-state index contributed by atoms with van der Waals surface area (Å²) in [5.74, 6) is -0.600. The number of carbonyl (C=O) groups excluding carboxylic acids is 2. The van der Waals surface area contributed by atoms with Gasteiger partial charge in [-0.25, -0.2) is 0 Å². The monoisotopic (exact) mass is 513 g/mol. The zero-order valence-electron chi connectivity index (χ0n) is 21.5. The van der Waals surface area contributed by atoms with Crippen molar-refractivity contribution in [2.24, 2.45) is 0 Å². The summed E-state index contributed by atoms with van der Waals surface area (Å²) in [5.41, 5.74) is 2.47. The molecule has 0 aliphatic carbocycles. The molecule has 5 rings (SSSR count). The van der Waals surface area contributed by atoms with Crippen LogP contribution < -0.4 is 19.1 Å². The highest BCUT2D eigenvalue weighted by molar-refractivity contribution is 6.20. The maximum atomic E-state index is 13.9. The molecule has 0 fully saturated rings. The lowest BCUT2D eigenvalue weighted by Gasteiger charge is -2.27. The number of carbonyl (C=O) groups is 2. The van der Waals surface area contributed by atoms with Crippen LogP contribution in [-0.2, 0) is 11.2 Å². The van der Waals surface area contributed by atoms with Crippen LogP contribution in [0.1, 0.15) is 34.6 Å². The third kappa shape index (κ3) is 4.14. The van der Waals surface area contributed by atoms with Crippen LogP contribution in [0.25, 0.3) is 11.0 Å². The Bertz CT molecular complexity index is 1540. The molecule has 38 heavy (non-hydrogen) atoms. The molecule has 8 heteroatoms. The van der Waals surface area contributed by atoms with Crippen LogP contribution in [0.15, 0.2) is 82.5 Å². The van der Waals surface area contributed by atoms with Gasteiger partial charge in [-0.2, -0.15) is 0 Å². The second-order valence-electron chi connectivity index (χ2n) is 8.82. The number of hydrogen-bond donors (Lipinski definition) is 1. The molecule has 0 spiro atoms. The standard InChI is InChI=1S/C30H27NO7/c1-5-17-9-11-18(12-10-17)26-25(27(32)24-13-19-7-6-8-23(37-4)29(19)38-24)28(33)30(34)31(26)20-14-21(35-2)16-22(15-20)36-3/h6-16,26,33H,5H2,1-4H3. The number of anilines is 1. The Morgan fingerprint density at radius 3 is 2.24 bits per heavy atom. The van der Waals surface area contributed by atoms with Gasteiger partial charge < -0.3 is 23.7 Å². The molecule has 0 bridgehead atoms. The van der Waals surface area contributed by atoms with Gasteiger partial charge in [0.05, 0.1) is 38.6 Å². The molecule has 8 nitrogen and oxygen atoms in total. The van der Waals surface area contributed by atoms with E-state index in [0.29, 0.717) is 39.5 Å². The van der Waals surface area contributed by atoms with E-state index in [2.05, 4.69) is 0 Å². The number of furan rings is 1. The molecule has 1 aliphatic heterocycles. The normalized spacial score (nSPS) is 15.3. The zero-order valence-corrected chi connectivity index (χ0v) is 21.5. The predicted octanol–water partition coefficient (Wildman–Crippen LogP) is 5.80. The minimum atomic E-state index is -0.923. The molecule has 4 aromatic rings. The second kappa shape index (κ2) is 9.97. The van der Waals surface area contributed by atoms with E-state index in [1.807, 2.05) is 31.2 Å². The Balaban J connectivity index is 1.67. The number of aliphatic hydroxyl groups excluding tert-OH is 1. The van der Waals surface area contributed by atoms with Gasteiger partial charge in [-0.05, 0) is 29.7 Å². The molecule has 1 atom stereocenters. The summed E-state index contributed by atoms with van der Waals surface area (Å²) in [6.45, 7) is 2.04. The summed E-state index contributed by atoms with van der Waals surface area (Å²) in [7, 11) is 4.52. The zero-order chi connectivity index (χ0) is 27.0. The van der Waals surface area contributed by atoms with Crippen LogP contribution in [0, 0.1) is 0 Å². The summed E-state index contributed by atoms with van der Waals surface area (Å²) in [5, 5.41) is 11.8. The number of benzene rings is 3. The van der Waals surface area contributed by atoms with Crippen molar-refractivity contribution >= 4 is 28.3 Å². The quantitative estimate of drug-likeness (QED) is 0.297. The lowest BCUT2D eigenvalue weighted by molar-refractivity contribution is -0.117. The number of aliphatic hydroxyl groups is 1. The average Bonchev–Trinajstić information content (AvgIpc) is 3.51. The van der Waals surface area contributed by atoms with Gasteiger partial charge >= 0.3 is 0 Å². The number of nitrogens with zero attached hydrogens (tertiary/aromatic N) is 1. The van der Waals surface area contributed by atoms with E-state index in [1.165, 1.54) is 26.2 Å². The summed E-state index contributed by atoms with van der Waals surface area (Å²) < 4.78 is 22.1. The van der Waals surface area contributed by atoms with Crippen LogP contribution in [-0.4, -0.2) is 38.1 Å². The molecule has 1 amide bonds.